The molecule has 0 N–H and O–H groups in total. The number of rotatable bonds is 5. The van der Waals surface area contributed by atoms with Gasteiger partial charge in [0.15, 0.2) is 0 Å². The zero-order chi connectivity index (χ0) is 18.2. The Morgan fingerprint density at radius 1 is 1.24 bits per heavy atom. The predicted molar refractivity (Wildman–Crippen MR) is 98.3 cm³/mol. The number of esters is 1. The second kappa shape index (κ2) is 9.06. The predicted octanol–water partition coefficient (Wildman–Crippen LogP) is 4.28. The third kappa shape index (κ3) is 5.21. The fraction of sp³-hybridized carbons (Fsp3) is 0.400. The number of para-hydroxylation sites is 1. The van der Waals surface area contributed by atoms with Crippen LogP contribution in [0.15, 0.2) is 30.4 Å². The summed E-state index contributed by atoms with van der Waals surface area (Å²) in [6, 6.07) is 5.68. The third-order valence-corrected chi connectivity index (χ3v) is 3.92. The van der Waals surface area contributed by atoms with Crippen molar-refractivity contribution < 1.29 is 19.1 Å². The van der Waals surface area contributed by atoms with Crippen LogP contribution in [-0.2, 0) is 9.53 Å². The Morgan fingerprint density at radius 3 is 2.68 bits per heavy atom. The van der Waals surface area contributed by atoms with E-state index in [2.05, 4.69) is 6.08 Å². The number of carbonyl (C=O) groups is 2. The highest BCUT2D eigenvalue weighted by Crippen LogP contribution is 2.36. The Bertz CT molecular complexity index is 689. The Hall–Kier alpha value is -2.56. The summed E-state index contributed by atoms with van der Waals surface area (Å²) in [7, 11) is 3.28. The minimum Gasteiger partial charge on any atom is -0.463 e. The lowest BCUT2D eigenvalue weighted by Gasteiger charge is -2.19. The van der Waals surface area contributed by atoms with Crippen LogP contribution in [0.4, 0.5) is 4.79 Å². The van der Waals surface area contributed by atoms with Crippen molar-refractivity contribution in [2.75, 3.05) is 20.7 Å². The molecule has 0 fully saturated rings. The second-order valence-corrected chi connectivity index (χ2v) is 6.05. The number of hydrogen-bond donors (Lipinski definition) is 0. The molecule has 0 aromatic heterocycles. The lowest BCUT2D eigenvalue weighted by atomic mass is 9.92. The van der Waals surface area contributed by atoms with E-state index in [1.807, 2.05) is 18.2 Å². The highest BCUT2D eigenvalue weighted by atomic mass is 16.6. The molecule has 0 saturated carbocycles. The number of carbonyl (C=O) groups excluding carboxylic acids is 2. The van der Waals surface area contributed by atoms with Crippen LogP contribution in [0.2, 0.25) is 0 Å². The summed E-state index contributed by atoms with van der Waals surface area (Å²) in [4.78, 5) is 25.1. The summed E-state index contributed by atoms with van der Waals surface area (Å²) in [6.07, 6.45) is 9.01. The summed E-state index contributed by atoms with van der Waals surface area (Å²) in [5.74, 6) is 0.0598. The number of hydrogen-bond acceptors (Lipinski definition) is 4. The molecule has 1 aliphatic carbocycles. The van der Waals surface area contributed by atoms with Gasteiger partial charge < -0.3 is 14.4 Å². The van der Waals surface area contributed by atoms with Gasteiger partial charge in [0.05, 0.1) is 6.61 Å². The van der Waals surface area contributed by atoms with E-state index >= 15 is 0 Å². The van der Waals surface area contributed by atoms with E-state index in [1.54, 1.807) is 27.1 Å². The van der Waals surface area contributed by atoms with Gasteiger partial charge in [0.1, 0.15) is 5.75 Å². The SMILES string of the molecule is CCOC(=O)/C=C/c1cccc(C2=CCCCC2)c1OC(=O)N(C)C. The first kappa shape index (κ1) is 18.8. The molecular weight excluding hydrogens is 318 g/mol. The fourth-order valence-electron chi connectivity index (χ4n) is 2.66. The Labute approximate surface area is 148 Å². The highest BCUT2D eigenvalue weighted by Gasteiger charge is 2.18. The van der Waals surface area contributed by atoms with E-state index in [0.717, 1.165) is 24.8 Å². The third-order valence-electron chi connectivity index (χ3n) is 3.92. The zero-order valence-corrected chi connectivity index (χ0v) is 15.1. The molecule has 0 unspecified atom stereocenters. The van der Waals surface area contributed by atoms with Crippen LogP contribution in [0.1, 0.15) is 43.7 Å². The summed E-state index contributed by atoms with van der Waals surface area (Å²) in [6.45, 7) is 2.07. The van der Waals surface area contributed by atoms with Crippen LogP contribution in [0.5, 0.6) is 5.75 Å². The molecule has 0 spiro atoms. The van der Waals surface area contributed by atoms with Crippen molar-refractivity contribution in [1.82, 2.24) is 4.90 Å². The molecule has 25 heavy (non-hydrogen) atoms. The molecule has 2 rings (SSSR count). The van der Waals surface area contributed by atoms with Crippen molar-refractivity contribution in [1.29, 1.82) is 0 Å². The molecular formula is C20H25NO4. The van der Waals surface area contributed by atoms with Crippen molar-refractivity contribution in [2.24, 2.45) is 0 Å². The van der Waals surface area contributed by atoms with Crippen molar-refractivity contribution in [3.8, 4) is 5.75 Å². The number of benzene rings is 1. The van der Waals surface area contributed by atoms with Crippen LogP contribution in [0.3, 0.4) is 0 Å². The van der Waals surface area contributed by atoms with Crippen molar-refractivity contribution >= 4 is 23.7 Å². The molecule has 0 atom stereocenters. The molecule has 1 aromatic rings. The Balaban J connectivity index is 2.41. The van der Waals surface area contributed by atoms with Gasteiger partial charge in [-0.15, -0.1) is 0 Å². The molecule has 5 nitrogen and oxygen atoms in total. The Morgan fingerprint density at radius 2 is 2.04 bits per heavy atom. The molecule has 0 saturated heterocycles. The Kier molecular flexibility index (Phi) is 6.81. The van der Waals surface area contributed by atoms with Gasteiger partial charge in [-0.3, -0.25) is 0 Å². The molecule has 5 heteroatoms. The maximum Gasteiger partial charge on any atom is 0.414 e. The maximum atomic E-state index is 12.1. The lowest BCUT2D eigenvalue weighted by molar-refractivity contribution is -0.137. The van der Waals surface area contributed by atoms with E-state index in [9.17, 15) is 9.59 Å². The van der Waals surface area contributed by atoms with E-state index < -0.39 is 12.1 Å². The van der Waals surface area contributed by atoms with Crippen LogP contribution in [0, 0.1) is 0 Å². The van der Waals surface area contributed by atoms with Crippen molar-refractivity contribution in [3.63, 3.8) is 0 Å². The van der Waals surface area contributed by atoms with Gasteiger partial charge in [0.25, 0.3) is 0 Å². The standard InChI is InChI=1S/C20H25NO4/c1-4-24-18(22)14-13-16-11-8-12-17(15-9-6-5-7-10-15)19(16)25-20(23)21(2)3/h8-9,11-14H,4-7,10H2,1-3H3/b14-13+. The monoisotopic (exact) mass is 343 g/mol. The molecule has 1 aromatic carbocycles. The number of allylic oxidation sites excluding steroid dienone is 2. The van der Waals surface area contributed by atoms with E-state index in [0.29, 0.717) is 17.9 Å². The molecule has 134 valence electrons. The van der Waals surface area contributed by atoms with Crippen molar-refractivity contribution in [2.45, 2.75) is 32.6 Å². The van der Waals surface area contributed by atoms with Crippen molar-refractivity contribution in [3.05, 3.63) is 41.5 Å². The van der Waals surface area contributed by atoms with Gasteiger partial charge in [-0.05, 0) is 44.3 Å². The summed E-state index contributed by atoms with van der Waals surface area (Å²) >= 11 is 0. The molecule has 1 aliphatic rings. The van der Waals surface area contributed by atoms with Gasteiger partial charge in [0, 0.05) is 31.3 Å². The first-order valence-corrected chi connectivity index (χ1v) is 8.59. The van der Waals surface area contributed by atoms with Crippen LogP contribution >= 0.6 is 0 Å². The number of ether oxygens (including phenoxy) is 2. The van der Waals surface area contributed by atoms with Gasteiger partial charge in [-0.1, -0.05) is 24.3 Å². The average molecular weight is 343 g/mol. The highest BCUT2D eigenvalue weighted by molar-refractivity contribution is 5.89. The van der Waals surface area contributed by atoms with Crippen LogP contribution in [-0.4, -0.2) is 37.7 Å². The van der Waals surface area contributed by atoms with E-state index in [-0.39, 0.29) is 0 Å². The maximum absolute atomic E-state index is 12.1. The van der Waals surface area contributed by atoms with E-state index in [1.165, 1.54) is 23.0 Å². The molecule has 0 aliphatic heterocycles. The summed E-state index contributed by atoms with van der Waals surface area (Å²) in [5, 5.41) is 0. The second-order valence-electron chi connectivity index (χ2n) is 6.05. The van der Waals surface area contributed by atoms with Gasteiger partial charge in [0.2, 0.25) is 0 Å². The molecule has 0 bridgehead atoms. The first-order valence-electron chi connectivity index (χ1n) is 8.59. The lowest BCUT2D eigenvalue weighted by Crippen LogP contribution is -2.26. The summed E-state index contributed by atoms with van der Waals surface area (Å²) in [5.41, 5.74) is 2.76. The quantitative estimate of drug-likeness (QED) is 0.591. The van der Waals surface area contributed by atoms with Crippen LogP contribution < -0.4 is 4.74 Å². The van der Waals surface area contributed by atoms with Crippen LogP contribution in [0.25, 0.3) is 11.6 Å². The summed E-state index contributed by atoms with van der Waals surface area (Å²) < 4.78 is 10.5. The topological polar surface area (TPSA) is 55.8 Å². The zero-order valence-electron chi connectivity index (χ0n) is 15.1. The smallest absolute Gasteiger partial charge is 0.414 e. The largest absolute Gasteiger partial charge is 0.463 e. The number of amides is 1. The average Bonchev–Trinajstić information content (AvgIpc) is 2.61. The minimum atomic E-state index is -0.449. The number of nitrogens with zero attached hydrogens (tertiary/aromatic N) is 1. The van der Waals surface area contributed by atoms with E-state index in [4.69, 9.17) is 9.47 Å². The normalized spacial score (nSPS) is 14.1. The minimum absolute atomic E-state index is 0.318. The van der Waals surface area contributed by atoms with Gasteiger partial charge >= 0.3 is 12.1 Å². The first-order chi connectivity index (χ1) is 12.0. The van der Waals surface area contributed by atoms with Gasteiger partial charge in [-0.25, -0.2) is 9.59 Å². The fourth-order valence-corrected chi connectivity index (χ4v) is 2.66. The molecule has 0 heterocycles. The van der Waals surface area contributed by atoms with Gasteiger partial charge in [-0.2, -0.15) is 0 Å². The molecule has 0 radical (unpaired) electrons. The molecule has 1 amide bonds.